The molecule has 24 heavy (non-hydrogen) atoms. The number of fused-ring (bicyclic) bond motifs is 1. The first kappa shape index (κ1) is 16.9. The van der Waals surface area contributed by atoms with E-state index >= 15 is 0 Å². The first-order valence-electron chi connectivity index (χ1n) is 7.92. The summed E-state index contributed by atoms with van der Waals surface area (Å²) >= 11 is 0. The maximum absolute atomic E-state index is 12.7. The van der Waals surface area contributed by atoms with E-state index in [1.807, 2.05) is 18.2 Å². The van der Waals surface area contributed by atoms with Gasteiger partial charge in [-0.1, -0.05) is 18.2 Å². The Labute approximate surface area is 141 Å². The van der Waals surface area contributed by atoms with Crippen LogP contribution < -0.4 is 0 Å². The number of amides is 2. The van der Waals surface area contributed by atoms with Crippen molar-refractivity contribution in [1.29, 1.82) is 0 Å². The predicted molar refractivity (Wildman–Crippen MR) is 88.8 cm³/mol. The summed E-state index contributed by atoms with van der Waals surface area (Å²) in [6.07, 6.45) is 1.17. The van der Waals surface area contributed by atoms with Crippen molar-refractivity contribution < 1.29 is 18.0 Å². The van der Waals surface area contributed by atoms with Gasteiger partial charge in [-0.05, 0) is 18.6 Å². The van der Waals surface area contributed by atoms with Crippen LogP contribution in [0.2, 0.25) is 0 Å². The second kappa shape index (κ2) is 6.18. The Balaban J connectivity index is 1.66. The molecule has 0 saturated carbocycles. The summed E-state index contributed by atoms with van der Waals surface area (Å²) in [4.78, 5) is 28.4. The zero-order chi connectivity index (χ0) is 17.5. The molecular weight excluding hydrogens is 330 g/mol. The summed E-state index contributed by atoms with van der Waals surface area (Å²) in [5.41, 5.74) is 1.59. The van der Waals surface area contributed by atoms with Gasteiger partial charge < -0.3 is 9.80 Å². The molecule has 2 aliphatic heterocycles. The largest absolute Gasteiger partial charge is 0.338 e. The van der Waals surface area contributed by atoms with Crippen LogP contribution in [0.15, 0.2) is 24.3 Å². The molecule has 130 valence electrons. The van der Waals surface area contributed by atoms with E-state index in [4.69, 9.17) is 0 Å². The van der Waals surface area contributed by atoms with E-state index in [1.54, 1.807) is 22.8 Å². The summed E-state index contributed by atoms with van der Waals surface area (Å²) in [6, 6.07) is 6.81. The second-order valence-corrected chi connectivity index (χ2v) is 8.24. The van der Waals surface area contributed by atoms with Crippen molar-refractivity contribution in [3.05, 3.63) is 35.4 Å². The van der Waals surface area contributed by atoms with Gasteiger partial charge in [0.25, 0.3) is 5.91 Å². The van der Waals surface area contributed by atoms with Gasteiger partial charge in [0.15, 0.2) is 0 Å². The monoisotopic (exact) mass is 351 g/mol. The van der Waals surface area contributed by atoms with Crippen molar-refractivity contribution in [3.63, 3.8) is 0 Å². The number of benzene rings is 1. The third-order valence-corrected chi connectivity index (χ3v) is 6.00. The second-order valence-electron chi connectivity index (χ2n) is 6.25. The average Bonchev–Trinajstić information content (AvgIpc) is 2.90. The molecule has 1 aromatic carbocycles. The quantitative estimate of drug-likeness (QED) is 0.776. The lowest BCUT2D eigenvalue weighted by molar-refractivity contribution is -0.136. The van der Waals surface area contributed by atoms with Gasteiger partial charge in [0, 0.05) is 38.3 Å². The SMILES string of the molecule is C[C@@H](C(=O)N1CCN(S(C)(=O)=O)CC1)N1Cc2ccccc2C1=O. The fraction of sp³-hybridized carbons (Fsp3) is 0.500. The fourth-order valence-electron chi connectivity index (χ4n) is 3.23. The molecule has 0 spiro atoms. The van der Waals surface area contributed by atoms with Crippen LogP contribution in [0.1, 0.15) is 22.8 Å². The number of nitrogens with zero attached hydrogens (tertiary/aromatic N) is 3. The zero-order valence-electron chi connectivity index (χ0n) is 13.8. The first-order valence-corrected chi connectivity index (χ1v) is 9.76. The molecule has 2 aliphatic rings. The highest BCUT2D eigenvalue weighted by atomic mass is 32.2. The molecule has 1 atom stereocenters. The zero-order valence-corrected chi connectivity index (χ0v) is 14.6. The molecule has 1 fully saturated rings. The number of hydrogen-bond acceptors (Lipinski definition) is 4. The van der Waals surface area contributed by atoms with Crippen LogP contribution in [-0.4, -0.2) is 72.8 Å². The van der Waals surface area contributed by atoms with E-state index in [9.17, 15) is 18.0 Å². The lowest BCUT2D eigenvalue weighted by Gasteiger charge is -2.36. The molecule has 1 aromatic rings. The van der Waals surface area contributed by atoms with Gasteiger partial charge in [-0.3, -0.25) is 9.59 Å². The van der Waals surface area contributed by atoms with E-state index in [0.29, 0.717) is 38.3 Å². The molecule has 8 heteroatoms. The summed E-state index contributed by atoms with van der Waals surface area (Å²) < 4.78 is 24.5. The first-order chi connectivity index (χ1) is 11.3. The summed E-state index contributed by atoms with van der Waals surface area (Å²) in [7, 11) is -3.23. The minimum Gasteiger partial charge on any atom is -0.338 e. The fourth-order valence-corrected chi connectivity index (χ4v) is 4.05. The van der Waals surface area contributed by atoms with Gasteiger partial charge in [0.2, 0.25) is 15.9 Å². The average molecular weight is 351 g/mol. The van der Waals surface area contributed by atoms with Crippen molar-refractivity contribution in [2.24, 2.45) is 0 Å². The van der Waals surface area contributed by atoms with E-state index in [0.717, 1.165) is 5.56 Å². The lowest BCUT2D eigenvalue weighted by atomic mass is 10.1. The van der Waals surface area contributed by atoms with Crippen molar-refractivity contribution in [1.82, 2.24) is 14.1 Å². The van der Waals surface area contributed by atoms with Gasteiger partial charge in [0.1, 0.15) is 6.04 Å². The number of rotatable bonds is 3. The maximum Gasteiger partial charge on any atom is 0.255 e. The number of piperazine rings is 1. The Kier molecular flexibility index (Phi) is 4.35. The van der Waals surface area contributed by atoms with Gasteiger partial charge in [-0.2, -0.15) is 4.31 Å². The summed E-state index contributed by atoms with van der Waals surface area (Å²) in [5, 5.41) is 0. The topological polar surface area (TPSA) is 78.0 Å². The van der Waals surface area contributed by atoms with Crippen molar-refractivity contribution >= 4 is 21.8 Å². The number of hydrogen-bond donors (Lipinski definition) is 0. The highest BCUT2D eigenvalue weighted by Crippen LogP contribution is 2.25. The molecule has 0 aliphatic carbocycles. The number of carbonyl (C=O) groups excluding carboxylic acids is 2. The van der Waals surface area contributed by atoms with E-state index in [2.05, 4.69) is 0 Å². The van der Waals surface area contributed by atoms with Crippen molar-refractivity contribution in [2.75, 3.05) is 32.4 Å². The predicted octanol–water partition coefficient (Wildman–Crippen LogP) is 0.135. The molecular formula is C16H21N3O4S. The lowest BCUT2D eigenvalue weighted by Crippen LogP contribution is -2.55. The Morgan fingerprint density at radius 3 is 2.33 bits per heavy atom. The minimum absolute atomic E-state index is 0.124. The van der Waals surface area contributed by atoms with Gasteiger partial charge >= 0.3 is 0 Å². The minimum atomic E-state index is -3.23. The Bertz CT molecular complexity index is 769. The van der Waals surface area contributed by atoms with Crippen LogP contribution in [0.3, 0.4) is 0 Å². The van der Waals surface area contributed by atoms with Crippen molar-refractivity contribution in [2.45, 2.75) is 19.5 Å². The summed E-state index contributed by atoms with van der Waals surface area (Å²) in [5.74, 6) is -0.259. The van der Waals surface area contributed by atoms with Crippen LogP contribution in [-0.2, 0) is 21.4 Å². The summed E-state index contributed by atoms with van der Waals surface area (Å²) in [6.45, 7) is 3.47. The van der Waals surface area contributed by atoms with Gasteiger partial charge in [0.05, 0.1) is 6.26 Å². The maximum atomic E-state index is 12.7. The molecule has 0 N–H and O–H groups in total. The molecule has 1 saturated heterocycles. The molecule has 3 rings (SSSR count). The highest BCUT2D eigenvalue weighted by Gasteiger charge is 2.36. The Hall–Kier alpha value is -1.93. The number of carbonyl (C=O) groups is 2. The molecule has 0 radical (unpaired) electrons. The standard InChI is InChI=1S/C16H21N3O4S/c1-12(19-11-13-5-3-4-6-14(13)16(19)21)15(20)17-7-9-18(10-8-17)24(2,22)23/h3-6,12H,7-11H2,1-2H3/t12-/m0/s1. The van der Waals surface area contributed by atoms with Gasteiger partial charge in [-0.25, -0.2) is 8.42 Å². The molecule has 0 unspecified atom stereocenters. The molecule has 2 heterocycles. The molecule has 2 amide bonds. The van der Waals surface area contributed by atoms with Gasteiger partial charge in [-0.15, -0.1) is 0 Å². The van der Waals surface area contributed by atoms with Crippen LogP contribution in [0.5, 0.6) is 0 Å². The van der Waals surface area contributed by atoms with Crippen molar-refractivity contribution in [3.8, 4) is 0 Å². The molecule has 0 aromatic heterocycles. The number of sulfonamides is 1. The van der Waals surface area contributed by atoms with Crippen LogP contribution in [0.25, 0.3) is 0 Å². The Morgan fingerprint density at radius 1 is 1.12 bits per heavy atom. The van der Waals surface area contributed by atoms with E-state index < -0.39 is 16.1 Å². The normalized spacial score (nSPS) is 20.2. The van der Waals surface area contributed by atoms with Crippen LogP contribution >= 0.6 is 0 Å². The molecule has 0 bridgehead atoms. The highest BCUT2D eigenvalue weighted by molar-refractivity contribution is 7.88. The van der Waals surface area contributed by atoms with Crippen LogP contribution in [0, 0.1) is 0 Å². The Morgan fingerprint density at radius 2 is 1.75 bits per heavy atom. The third-order valence-electron chi connectivity index (χ3n) is 4.69. The molecule has 7 nitrogen and oxygen atoms in total. The third kappa shape index (κ3) is 3.03. The van der Waals surface area contributed by atoms with E-state index in [1.165, 1.54) is 10.6 Å². The van der Waals surface area contributed by atoms with Crippen LogP contribution in [0.4, 0.5) is 0 Å². The smallest absolute Gasteiger partial charge is 0.255 e. The van der Waals surface area contributed by atoms with E-state index in [-0.39, 0.29) is 11.8 Å².